The van der Waals surface area contributed by atoms with E-state index in [-0.39, 0.29) is 5.91 Å². The van der Waals surface area contributed by atoms with Crippen molar-refractivity contribution in [3.05, 3.63) is 28.2 Å². The Hall–Kier alpha value is -1.37. The third kappa shape index (κ3) is 3.94. The molecule has 23 heavy (non-hydrogen) atoms. The summed E-state index contributed by atoms with van der Waals surface area (Å²) in [6.45, 7) is 6.59. The summed E-state index contributed by atoms with van der Waals surface area (Å²) in [5.41, 5.74) is 1.40. The van der Waals surface area contributed by atoms with Crippen molar-refractivity contribution >= 4 is 28.8 Å². The number of amides is 1. The van der Waals surface area contributed by atoms with Crippen molar-refractivity contribution < 1.29 is 4.79 Å². The van der Waals surface area contributed by atoms with E-state index >= 15 is 0 Å². The van der Waals surface area contributed by atoms with Gasteiger partial charge in [-0.2, -0.15) is 5.10 Å². The fourth-order valence-electron chi connectivity index (χ4n) is 2.84. The number of halogens is 1. The van der Waals surface area contributed by atoms with Crippen LogP contribution >= 0.6 is 22.9 Å². The fourth-order valence-corrected chi connectivity index (χ4v) is 3.91. The minimum atomic E-state index is -0.111. The van der Waals surface area contributed by atoms with Gasteiger partial charge in [-0.15, -0.1) is 11.3 Å². The molecule has 1 aliphatic heterocycles. The van der Waals surface area contributed by atoms with E-state index < -0.39 is 0 Å². The van der Waals surface area contributed by atoms with Crippen LogP contribution < -0.4 is 5.32 Å². The standard InChI is InChI=1S/C16H21ClN4OS/c1-2-21-13(14-5-6-15(17)23-14)11-12(19-21)16(22)18-7-10-20-8-3-4-9-20/h5-6,11H,2-4,7-10H2,1H3,(H,18,22). The number of nitrogens with zero attached hydrogens (tertiary/aromatic N) is 3. The van der Waals surface area contributed by atoms with Gasteiger partial charge in [-0.3, -0.25) is 9.48 Å². The van der Waals surface area contributed by atoms with Gasteiger partial charge in [0, 0.05) is 19.6 Å². The number of hydrogen-bond donors (Lipinski definition) is 1. The van der Waals surface area contributed by atoms with Crippen LogP contribution in [0.2, 0.25) is 4.34 Å². The number of aryl methyl sites for hydroxylation is 1. The number of hydrogen-bond acceptors (Lipinski definition) is 4. The normalized spacial score (nSPS) is 15.2. The average Bonchev–Trinajstić information content (AvgIpc) is 3.26. The first-order valence-electron chi connectivity index (χ1n) is 8.01. The van der Waals surface area contributed by atoms with Crippen molar-refractivity contribution in [2.45, 2.75) is 26.3 Å². The van der Waals surface area contributed by atoms with Crippen LogP contribution in [0.15, 0.2) is 18.2 Å². The van der Waals surface area contributed by atoms with Crippen LogP contribution in [0.5, 0.6) is 0 Å². The molecule has 3 rings (SSSR count). The quantitative estimate of drug-likeness (QED) is 0.869. The van der Waals surface area contributed by atoms with Crippen molar-refractivity contribution in [1.82, 2.24) is 20.0 Å². The van der Waals surface area contributed by atoms with E-state index in [1.54, 1.807) is 0 Å². The van der Waals surface area contributed by atoms with Gasteiger partial charge in [-0.25, -0.2) is 0 Å². The Balaban J connectivity index is 1.65. The molecule has 3 heterocycles. The van der Waals surface area contributed by atoms with Crippen LogP contribution in [0.4, 0.5) is 0 Å². The summed E-state index contributed by atoms with van der Waals surface area (Å²) in [4.78, 5) is 15.7. The van der Waals surface area contributed by atoms with Gasteiger partial charge < -0.3 is 10.2 Å². The first-order valence-corrected chi connectivity index (χ1v) is 9.21. The Morgan fingerprint density at radius 1 is 1.39 bits per heavy atom. The zero-order valence-electron chi connectivity index (χ0n) is 13.2. The van der Waals surface area contributed by atoms with Crippen LogP contribution in [0.1, 0.15) is 30.3 Å². The minimum Gasteiger partial charge on any atom is -0.349 e. The molecule has 0 bridgehead atoms. The SMILES string of the molecule is CCn1nc(C(=O)NCCN2CCCC2)cc1-c1ccc(Cl)s1. The van der Waals surface area contributed by atoms with Crippen LogP contribution in [-0.2, 0) is 6.54 Å². The van der Waals surface area contributed by atoms with E-state index in [0.717, 1.165) is 34.5 Å². The monoisotopic (exact) mass is 352 g/mol. The molecule has 0 saturated carbocycles. The zero-order chi connectivity index (χ0) is 16.2. The molecular formula is C16H21ClN4OS. The van der Waals surface area contributed by atoms with E-state index in [9.17, 15) is 4.79 Å². The molecule has 2 aromatic heterocycles. The summed E-state index contributed by atoms with van der Waals surface area (Å²) >= 11 is 7.51. The van der Waals surface area contributed by atoms with Gasteiger partial charge in [0.1, 0.15) is 0 Å². The first-order chi connectivity index (χ1) is 11.2. The molecule has 5 nitrogen and oxygen atoms in total. The predicted octanol–water partition coefficient (Wildman–Crippen LogP) is 3.11. The Labute approximate surface area is 145 Å². The molecule has 1 amide bonds. The zero-order valence-corrected chi connectivity index (χ0v) is 14.8. The number of thiophene rings is 1. The van der Waals surface area contributed by atoms with Crippen molar-refractivity contribution in [2.24, 2.45) is 0 Å². The average molecular weight is 353 g/mol. The first kappa shape index (κ1) is 16.5. The molecule has 1 aliphatic rings. The highest BCUT2D eigenvalue weighted by molar-refractivity contribution is 7.19. The van der Waals surface area contributed by atoms with E-state index in [2.05, 4.69) is 15.3 Å². The third-order valence-electron chi connectivity index (χ3n) is 4.05. The molecule has 0 atom stereocenters. The summed E-state index contributed by atoms with van der Waals surface area (Å²) in [7, 11) is 0. The van der Waals surface area contributed by atoms with Gasteiger partial charge in [-0.05, 0) is 51.1 Å². The van der Waals surface area contributed by atoms with Crippen molar-refractivity contribution in [3.63, 3.8) is 0 Å². The number of carbonyl (C=O) groups excluding carboxylic acids is 1. The Morgan fingerprint density at radius 2 is 2.17 bits per heavy atom. The summed E-state index contributed by atoms with van der Waals surface area (Å²) in [6, 6.07) is 5.67. The lowest BCUT2D eigenvalue weighted by Gasteiger charge is -2.14. The molecule has 0 aliphatic carbocycles. The predicted molar refractivity (Wildman–Crippen MR) is 94.2 cm³/mol. The number of rotatable bonds is 6. The second-order valence-electron chi connectivity index (χ2n) is 5.64. The summed E-state index contributed by atoms with van der Waals surface area (Å²) in [5.74, 6) is -0.111. The van der Waals surface area contributed by atoms with E-state index in [1.165, 1.54) is 24.2 Å². The fraction of sp³-hybridized carbons (Fsp3) is 0.500. The molecule has 2 aromatic rings. The number of aromatic nitrogens is 2. The second-order valence-corrected chi connectivity index (χ2v) is 7.35. The summed E-state index contributed by atoms with van der Waals surface area (Å²) in [6.07, 6.45) is 2.53. The van der Waals surface area contributed by atoms with Gasteiger partial charge in [0.15, 0.2) is 5.69 Å². The second kappa shape index (κ2) is 7.47. The van der Waals surface area contributed by atoms with Crippen molar-refractivity contribution in [2.75, 3.05) is 26.2 Å². The van der Waals surface area contributed by atoms with E-state index in [0.29, 0.717) is 18.8 Å². The van der Waals surface area contributed by atoms with Gasteiger partial charge in [-0.1, -0.05) is 11.6 Å². The molecule has 124 valence electrons. The number of likely N-dealkylation sites (tertiary alicyclic amines) is 1. The molecule has 7 heteroatoms. The third-order valence-corrected chi connectivity index (χ3v) is 5.30. The Kier molecular flexibility index (Phi) is 5.35. The maximum absolute atomic E-state index is 12.3. The lowest BCUT2D eigenvalue weighted by molar-refractivity contribution is 0.0944. The molecular weight excluding hydrogens is 332 g/mol. The lowest BCUT2D eigenvalue weighted by atomic mass is 10.3. The molecule has 1 fully saturated rings. The number of carbonyl (C=O) groups is 1. The van der Waals surface area contributed by atoms with Crippen LogP contribution in [0.3, 0.4) is 0 Å². The highest BCUT2D eigenvalue weighted by Crippen LogP contribution is 2.31. The maximum atomic E-state index is 12.3. The smallest absolute Gasteiger partial charge is 0.271 e. The summed E-state index contributed by atoms with van der Waals surface area (Å²) < 4.78 is 2.58. The van der Waals surface area contributed by atoms with Crippen molar-refractivity contribution in [3.8, 4) is 10.6 Å². The Morgan fingerprint density at radius 3 is 2.83 bits per heavy atom. The molecule has 0 radical (unpaired) electrons. The molecule has 0 unspecified atom stereocenters. The highest BCUT2D eigenvalue weighted by atomic mass is 35.5. The van der Waals surface area contributed by atoms with Crippen LogP contribution in [0.25, 0.3) is 10.6 Å². The van der Waals surface area contributed by atoms with Crippen LogP contribution in [-0.4, -0.2) is 46.8 Å². The molecule has 0 spiro atoms. The van der Waals surface area contributed by atoms with E-state index in [4.69, 9.17) is 11.6 Å². The highest BCUT2D eigenvalue weighted by Gasteiger charge is 2.17. The summed E-state index contributed by atoms with van der Waals surface area (Å²) in [5, 5.41) is 7.39. The molecule has 1 N–H and O–H groups in total. The van der Waals surface area contributed by atoms with Gasteiger partial charge >= 0.3 is 0 Å². The largest absolute Gasteiger partial charge is 0.349 e. The topological polar surface area (TPSA) is 50.2 Å². The number of nitrogens with one attached hydrogen (secondary N) is 1. The van der Waals surface area contributed by atoms with Gasteiger partial charge in [0.25, 0.3) is 5.91 Å². The van der Waals surface area contributed by atoms with Gasteiger partial charge in [0.2, 0.25) is 0 Å². The lowest BCUT2D eigenvalue weighted by Crippen LogP contribution is -2.33. The van der Waals surface area contributed by atoms with Crippen LogP contribution in [0, 0.1) is 0 Å². The maximum Gasteiger partial charge on any atom is 0.271 e. The van der Waals surface area contributed by atoms with Crippen molar-refractivity contribution in [1.29, 1.82) is 0 Å². The van der Waals surface area contributed by atoms with E-state index in [1.807, 2.05) is 29.8 Å². The molecule has 0 aromatic carbocycles. The van der Waals surface area contributed by atoms with Gasteiger partial charge in [0.05, 0.1) is 14.9 Å². The Bertz CT molecular complexity index is 675. The minimum absolute atomic E-state index is 0.111. The molecule has 1 saturated heterocycles.